The molecule has 1 aromatic heterocycles. The monoisotopic (exact) mass is 409 g/mol. The van der Waals surface area contributed by atoms with E-state index in [9.17, 15) is 28.0 Å². The molecule has 2 fully saturated rings. The van der Waals surface area contributed by atoms with E-state index >= 15 is 0 Å². The summed E-state index contributed by atoms with van der Waals surface area (Å²) in [4.78, 5) is 35.9. The van der Waals surface area contributed by atoms with E-state index in [0.29, 0.717) is 4.73 Å². The van der Waals surface area contributed by atoms with Crippen molar-refractivity contribution in [2.24, 2.45) is 17.6 Å². The fourth-order valence-electron chi connectivity index (χ4n) is 3.55. The van der Waals surface area contributed by atoms with Crippen LogP contribution in [0.25, 0.3) is 0 Å². The number of hydrogen-bond acceptors (Lipinski definition) is 7. The second-order valence-electron chi connectivity index (χ2n) is 7.04. The van der Waals surface area contributed by atoms with Crippen LogP contribution < -0.4 is 15.8 Å². The van der Waals surface area contributed by atoms with Crippen LogP contribution in [0.1, 0.15) is 13.3 Å². The normalized spacial score (nSPS) is 26.2. The molecule has 0 saturated carbocycles. The highest BCUT2D eigenvalue weighted by Crippen LogP contribution is 2.33. The number of fused-ring (bicyclic) bond motifs is 1. The average molecular weight is 409 g/mol. The molecular weight excluding hydrogens is 388 g/mol. The lowest BCUT2D eigenvalue weighted by Crippen LogP contribution is -2.45. The van der Waals surface area contributed by atoms with Crippen molar-refractivity contribution in [2.75, 3.05) is 13.1 Å². The maximum absolute atomic E-state index is 13.0. The third kappa shape index (κ3) is 3.64. The van der Waals surface area contributed by atoms with Crippen molar-refractivity contribution in [3.8, 4) is 0 Å². The van der Waals surface area contributed by atoms with E-state index in [4.69, 9.17) is 5.73 Å². The van der Waals surface area contributed by atoms with Crippen LogP contribution in [0.2, 0.25) is 0 Å². The third-order valence-electron chi connectivity index (χ3n) is 5.18. The van der Waals surface area contributed by atoms with Gasteiger partial charge in [0.15, 0.2) is 18.2 Å². The zero-order valence-electron chi connectivity index (χ0n) is 15.1. The molecule has 3 N–H and O–H groups in total. The van der Waals surface area contributed by atoms with Crippen molar-refractivity contribution in [1.29, 1.82) is 0 Å². The predicted octanol–water partition coefficient (Wildman–Crippen LogP) is -1.87. The van der Waals surface area contributed by atoms with E-state index < -0.39 is 39.8 Å². The Morgan fingerprint density at radius 3 is 2.86 bits per heavy atom. The molecule has 151 valence electrons. The second-order valence-corrected chi connectivity index (χ2v) is 8.94. The first-order valence-corrected chi connectivity index (χ1v) is 10.2. The van der Waals surface area contributed by atoms with Crippen LogP contribution in [0.5, 0.6) is 0 Å². The van der Waals surface area contributed by atoms with Gasteiger partial charge in [0.25, 0.3) is 0 Å². The fraction of sp³-hybridized carbons (Fsp3) is 0.471. The molecule has 1 amide bonds. The first-order chi connectivity index (χ1) is 13.1. The van der Waals surface area contributed by atoms with Gasteiger partial charge in [-0.25, -0.2) is 8.42 Å². The van der Waals surface area contributed by atoms with Gasteiger partial charge < -0.3 is 16.3 Å². The molecule has 2 aliphatic heterocycles. The Kier molecular flexibility index (Phi) is 5.50. The van der Waals surface area contributed by atoms with Gasteiger partial charge in [-0.15, -0.1) is 0 Å². The van der Waals surface area contributed by atoms with Crippen LogP contribution in [-0.4, -0.2) is 55.4 Å². The molecular formula is C17H21N4O6S. The van der Waals surface area contributed by atoms with Crippen LogP contribution in [0.4, 0.5) is 0 Å². The molecule has 10 nitrogen and oxygen atoms in total. The van der Waals surface area contributed by atoms with Crippen molar-refractivity contribution in [2.45, 2.75) is 30.3 Å². The maximum atomic E-state index is 13.0. The van der Waals surface area contributed by atoms with Gasteiger partial charge >= 0.3 is 0 Å². The number of sulfonamides is 1. The fourth-order valence-corrected chi connectivity index (χ4v) is 5.20. The van der Waals surface area contributed by atoms with Gasteiger partial charge in [-0.2, -0.15) is 9.04 Å². The zero-order chi connectivity index (χ0) is 20.6. The summed E-state index contributed by atoms with van der Waals surface area (Å²) in [5, 5.41) is 14.4. The summed E-state index contributed by atoms with van der Waals surface area (Å²) in [5.41, 5.74) is 5.19. The smallest absolute Gasteiger partial charge is 0.249 e. The SMILES string of the molecule is CC(C[CH]C(=O)C1CNC2C(=O)CN(S(=O)(=O)c3ccc[n+]([O-])c3)C12)C(N)=O. The molecule has 11 heteroatoms. The molecule has 0 spiro atoms. The molecule has 3 rings (SSSR count). The van der Waals surface area contributed by atoms with Crippen molar-refractivity contribution < 1.29 is 27.5 Å². The Hall–Kier alpha value is -2.37. The van der Waals surface area contributed by atoms with Crippen molar-refractivity contribution in [3.05, 3.63) is 36.2 Å². The summed E-state index contributed by atoms with van der Waals surface area (Å²) in [7, 11) is -4.15. The van der Waals surface area contributed by atoms with E-state index in [2.05, 4.69) is 5.32 Å². The summed E-state index contributed by atoms with van der Waals surface area (Å²) in [6.07, 6.45) is 3.52. The number of nitrogens with zero attached hydrogens (tertiary/aromatic N) is 2. The summed E-state index contributed by atoms with van der Waals surface area (Å²) in [6, 6.07) is 0.893. The van der Waals surface area contributed by atoms with E-state index in [1.165, 1.54) is 18.6 Å². The van der Waals surface area contributed by atoms with Gasteiger partial charge in [0, 0.05) is 30.9 Å². The number of primary amides is 1. The van der Waals surface area contributed by atoms with E-state index in [1.807, 2.05) is 0 Å². The maximum Gasteiger partial charge on any atom is 0.249 e. The minimum atomic E-state index is -4.15. The molecule has 0 aliphatic carbocycles. The Morgan fingerprint density at radius 1 is 1.50 bits per heavy atom. The third-order valence-corrected chi connectivity index (χ3v) is 7.01. The summed E-state index contributed by atoms with van der Waals surface area (Å²) < 4.78 is 27.4. The van der Waals surface area contributed by atoms with Crippen LogP contribution in [0.3, 0.4) is 0 Å². The molecule has 0 aromatic carbocycles. The van der Waals surface area contributed by atoms with Gasteiger partial charge in [0.2, 0.25) is 15.9 Å². The number of rotatable bonds is 7. The van der Waals surface area contributed by atoms with Gasteiger partial charge in [0.1, 0.15) is 10.7 Å². The lowest BCUT2D eigenvalue weighted by Gasteiger charge is -2.26. The van der Waals surface area contributed by atoms with Crippen LogP contribution >= 0.6 is 0 Å². The molecule has 0 bridgehead atoms. The number of carbonyl (C=O) groups is 3. The first kappa shape index (κ1) is 20.4. The van der Waals surface area contributed by atoms with Crippen molar-refractivity contribution in [3.63, 3.8) is 0 Å². The minimum absolute atomic E-state index is 0.137. The molecule has 2 aliphatic rings. The number of carbonyl (C=O) groups excluding carboxylic acids is 3. The molecule has 1 radical (unpaired) electrons. The number of amides is 1. The van der Waals surface area contributed by atoms with Crippen LogP contribution in [0.15, 0.2) is 29.4 Å². The van der Waals surface area contributed by atoms with E-state index in [0.717, 1.165) is 16.7 Å². The number of pyridine rings is 1. The molecule has 2 saturated heterocycles. The lowest BCUT2D eigenvalue weighted by atomic mass is 9.91. The highest BCUT2D eigenvalue weighted by atomic mass is 32.2. The van der Waals surface area contributed by atoms with Gasteiger partial charge in [0.05, 0.1) is 18.6 Å². The Labute approximate surface area is 162 Å². The van der Waals surface area contributed by atoms with E-state index in [1.54, 1.807) is 6.92 Å². The summed E-state index contributed by atoms with van der Waals surface area (Å²) in [6.45, 7) is 1.36. The van der Waals surface area contributed by atoms with Crippen LogP contribution in [0, 0.1) is 23.5 Å². The second kappa shape index (κ2) is 7.57. The quantitative estimate of drug-likeness (QED) is 0.395. The number of hydrogen-bond donors (Lipinski definition) is 2. The number of ketones is 2. The summed E-state index contributed by atoms with van der Waals surface area (Å²) in [5.74, 6) is -2.53. The summed E-state index contributed by atoms with van der Waals surface area (Å²) >= 11 is 0. The van der Waals surface area contributed by atoms with Crippen LogP contribution in [-0.2, 0) is 24.4 Å². The number of nitrogens with one attached hydrogen (secondary N) is 1. The first-order valence-electron chi connectivity index (χ1n) is 8.76. The minimum Gasteiger partial charge on any atom is -0.619 e. The molecule has 4 atom stereocenters. The number of Topliss-reactive ketones (excluding diaryl/α,β-unsaturated/α-hetero) is 2. The standard InChI is InChI=1S/C17H21N4O6S/c1-10(17(18)24)4-5-13(22)12-7-19-15-14(23)9-21(16(12)15)28(26,27)11-3-2-6-20(25)8-11/h2-3,5-6,8,10,12,15-16,19H,4,7,9H2,1H3,(H2,18,24). The largest absolute Gasteiger partial charge is 0.619 e. The predicted molar refractivity (Wildman–Crippen MR) is 95.7 cm³/mol. The lowest BCUT2D eigenvalue weighted by molar-refractivity contribution is -0.607. The number of aromatic nitrogens is 1. The Balaban J connectivity index is 1.84. The molecule has 1 aromatic rings. The number of nitrogens with two attached hydrogens (primary N) is 1. The molecule has 28 heavy (non-hydrogen) atoms. The van der Waals surface area contributed by atoms with Crippen molar-refractivity contribution in [1.82, 2.24) is 9.62 Å². The molecule has 4 unspecified atom stereocenters. The Morgan fingerprint density at radius 2 is 2.21 bits per heavy atom. The van der Waals surface area contributed by atoms with Gasteiger partial charge in [-0.3, -0.25) is 14.4 Å². The Bertz CT molecular complexity index is 918. The highest BCUT2D eigenvalue weighted by Gasteiger charge is 2.55. The molecule has 3 heterocycles. The van der Waals surface area contributed by atoms with Gasteiger partial charge in [-0.05, 0) is 12.5 Å². The van der Waals surface area contributed by atoms with Gasteiger partial charge in [-0.1, -0.05) is 6.92 Å². The van der Waals surface area contributed by atoms with Crippen molar-refractivity contribution >= 4 is 27.5 Å². The topological polar surface area (TPSA) is 154 Å². The highest BCUT2D eigenvalue weighted by molar-refractivity contribution is 7.89. The van der Waals surface area contributed by atoms with E-state index in [-0.39, 0.29) is 36.0 Å². The zero-order valence-corrected chi connectivity index (χ0v) is 16.0. The average Bonchev–Trinajstić information content (AvgIpc) is 3.21.